The van der Waals surface area contributed by atoms with Gasteiger partial charge in [0, 0.05) is 22.6 Å². The second-order valence-electron chi connectivity index (χ2n) is 5.11. The van der Waals surface area contributed by atoms with Crippen LogP contribution in [0.25, 0.3) is 11.5 Å². The topological polar surface area (TPSA) is 98.3 Å². The average Bonchev–Trinajstić information content (AvgIpc) is 3.16. The fourth-order valence-corrected chi connectivity index (χ4v) is 2.94. The number of nitrogens with zero attached hydrogens (tertiary/aromatic N) is 2. The van der Waals surface area contributed by atoms with E-state index in [0.717, 1.165) is 5.76 Å². The molecule has 7 nitrogen and oxygen atoms in total. The minimum Gasteiger partial charge on any atom is -0.460 e. The van der Waals surface area contributed by atoms with Gasteiger partial charge in [0.15, 0.2) is 10.9 Å². The predicted octanol–water partition coefficient (Wildman–Crippen LogP) is 4.18. The molecule has 1 N–H and O–H groups in total. The number of furan rings is 1. The van der Waals surface area contributed by atoms with E-state index in [9.17, 15) is 14.9 Å². The Labute approximate surface area is 141 Å². The highest BCUT2D eigenvalue weighted by Gasteiger charge is 2.19. The zero-order valence-electron chi connectivity index (χ0n) is 12.9. The maximum atomic E-state index is 12.4. The minimum absolute atomic E-state index is 0.0893. The van der Waals surface area contributed by atoms with E-state index in [0.29, 0.717) is 22.1 Å². The molecule has 2 aromatic heterocycles. The number of hydrogen-bond donors (Lipinski definition) is 1. The van der Waals surface area contributed by atoms with Gasteiger partial charge < -0.3 is 4.42 Å². The summed E-state index contributed by atoms with van der Waals surface area (Å²) >= 11 is 1.26. The molecule has 0 aliphatic heterocycles. The Kier molecular flexibility index (Phi) is 4.13. The summed E-state index contributed by atoms with van der Waals surface area (Å²) in [6.45, 7) is 3.38. The van der Waals surface area contributed by atoms with Gasteiger partial charge in [-0.15, -0.1) is 11.3 Å². The van der Waals surface area contributed by atoms with Crippen LogP contribution < -0.4 is 5.32 Å². The Bertz CT molecular complexity index is 929. The molecule has 0 saturated heterocycles. The third-order valence-corrected chi connectivity index (χ3v) is 4.22. The van der Waals surface area contributed by atoms with E-state index in [-0.39, 0.29) is 11.3 Å². The van der Waals surface area contributed by atoms with Crippen molar-refractivity contribution >= 4 is 28.1 Å². The van der Waals surface area contributed by atoms with Crippen molar-refractivity contribution in [1.29, 1.82) is 0 Å². The van der Waals surface area contributed by atoms with Gasteiger partial charge >= 0.3 is 0 Å². The Morgan fingerprint density at radius 1 is 1.29 bits per heavy atom. The van der Waals surface area contributed by atoms with Gasteiger partial charge in [0.2, 0.25) is 0 Å². The molecular weight excluding hydrogens is 330 g/mol. The lowest BCUT2D eigenvalue weighted by atomic mass is 10.1. The summed E-state index contributed by atoms with van der Waals surface area (Å²) < 4.78 is 5.49. The molecular formula is C16H13N3O4S. The standard InChI is InChI=1S/C16H13N3O4S/c1-9-6-7-14(23-9)12-8-24-16(17-12)18-15(20)11-4-3-5-13(10(11)2)19(21)22/h3-8H,1-2H3,(H,17,18,20). The molecule has 0 saturated carbocycles. The minimum atomic E-state index is -0.507. The van der Waals surface area contributed by atoms with Crippen LogP contribution in [0, 0.1) is 24.0 Å². The average molecular weight is 343 g/mol. The molecule has 0 bridgehead atoms. The van der Waals surface area contributed by atoms with Gasteiger partial charge in [0.25, 0.3) is 11.6 Å². The van der Waals surface area contributed by atoms with Gasteiger partial charge in [-0.2, -0.15) is 0 Å². The van der Waals surface area contributed by atoms with Crippen LogP contribution in [0.5, 0.6) is 0 Å². The second kappa shape index (κ2) is 6.25. The van der Waals surface area contributed by atoms with Crippen LogP contribution in [0.15, 0.2) is 40.1 Å². The molecule has 3 rings (SSSR count). The Morgan fingerprint density at radius 3 is 2.75 bits per heavy atom. The van der Waals surface area contributed by atoms with Crippen LogP contribution in [-0.2, 0) is 0 Å². The molecule has 0 spiro atoms. The molecule has 0 aliphatic rings. The largest absolute Gasteiger partial charge is 0.460 e. The summed E-state index contributed by atoms with van der Waals surface area (Å²) in [5.41, 5.74) is 1.10. The number of amides is 1. The third-order valence-electron chi connectivity index (χ3n) is 3.46. The van der Waals surface area contributed by atoms with Crippen LogP contribution >= 0.6 is 11.3 Å². The van der Waals surface area contributed by atoms with Crippen molar-refractivity contribution in [2.24, 2.45) is 0 Å². The van der Waals surface area contributed by atoms with Crippen molar-refractivity contribution in [1.82, 2.24) is 4.98 Å². The van der Waals surface area contributed by atoms with E-state index in [2.05, 4.69) is 10.3 Å². The van der Waals surface area contributed by atoms with Crippen molar-refractivity contribution < 1.29 is 14.1 Å². The highest BCUT2D eigenvalue weighted by atomic mass is 32.1. The lowest BCUT2D eigenvalue weighted by Crippen LogP contribution is -2.14. The van der Waals surface area contributed by atoms with E-state index in [1.807, 2.05) is 13.0 Å². The maximum Gasteiger partial charge on any atom is 0.273 e. The van der Waals surface area contributed by atoms with E-state index in [4.69, 9.17) is 4.42 Å². The van der Waals surface area contributed by atoms with Gasteiger partial charge in [-0.05, 0) is 32.0 Å². The van der Waals surface area contributed by atoms with Crippen molar-refractivity contribution in [2.75, 3.05) is 5.32 Å². The Hall–Kier alpha value is -3.00. The molecule has 0 unspecified atom stereocenters. The van der Waals surface area contributed by atoms with E-state index in [1.54, 1.807) is 24.4 Å². The number of nitro groups is 1. The first-order valence-corrected chi connectivity index (χ1v) is 7.91. The predicted molar refractivity (Wildman–Crippen MR) is 90.3 cm³/mol. The third kappa shape index (κ3) is 3.04. The maximum absolute atomic E-state index is 12.4. The number of carbonyl (C=O) groups is 1. The fraction of sp³-hybridized carbons (Fsp3) is 0.125. The highest BCUT2D eigenvalue weighted by Crippen LogP contribution is 2.27. The van der Waals surface area contributed by atoms with E-state index in [1.165, 1.54) is 23.5 Å². The van der Waals surface area contributed by atoms with Crippen LogP contribution in [0.4, 0.5) is 10.8 Å². The summed E-state index contributed by atoms with van der Waals surface area (Å²) in [7, 11) is 0. The van der Waals surface area contributed by atoms with Crippen molar-refractivity contribution in [2.45, 2.75) is 13.8 Å². The smallest absolute Gasteiger partial charge is 0.273 e. The Morgan fingerprint density at radius 2 is 2.08 bits per heavy atom. The van der Waals surface area contributed by atoms with Crippen LogP contribution in [0.3, 0.4) is 0 Å². The summed E-state index contributed by atoms with van der Waals surface area (Å²) in [5, 5.41) is 15.8. The molecule has 1 aromatic carbocycles. The molecule has 0 atom stereocenters. The van der Waals surface area contributed by atoms with Crippen LogP contribution in [0.1, 0.15) is 21.7 Å². The van der Waals surface area contributed by atoms with Gasteiger partial charge in [0.05, 0.1) is 4.92 Å². The zero-order valence-corrected chi connectivity index (χ0v) is 13.7. The van der Waals surface area contributed by atoms with Crippen LogP contribution in [-0.4, -0.2) is 15.8 Å². The van der Waals surface area contributed by atoms with Gasteiger partial charge in [-0.1, -0.05) is 6.07 Å². The molecule has 0 radical (unpaired) electrons. The second-order valence-corrected chi connectivity index (χ2v) is 5.97. The number of anilines is 1. The number of benzene rings is 1. The van der Waals surface area contributed by atoms with Gasteiger partial charge in [-0.3, -0.25) is 20.2 Å². The van der Waals surface area contributed by atoms with E-state index >= 15 is 0 Å². The first-order valence-electron chi connectivity index (χ1n) is 7.03. The number of thiazole rings is 1. The summed E-state index contributed by atoms with van der Waals surface area (Å²) in [5.74, 6) is 0.958. The monoisotopic (exact) mass is 343 g/mol. The number of hydrogen-bond acceptors (Lipinski definition) is 6. The molecule has 2 heterocycles. The normalized spacial score (nSPS) is 10.6. The summed E-state index contributed by atoms with van der Waals surface area (Å²) in [6, 6.07) is 8.04. The SMILES string of the molecule is Cc1ccc(-c2csc(NC(=O)c3cccc([N+](=O)[O-])c3C)n2)o1. The van der Waals surface area contributed by atoms with Crippen molar-refractivity contribution in [3.8, 4) is 11.5 Å². The van der Waals surface area contributed by atoms with Crippen molar-refractivity contribution in [3.05, 3.63) is 62.7 Å². The Balaban J connectivity index is 1.82. The molecule has 0 aliphatic carbocycles. The summed E-state index contributed by atoms with van der Waals surface area (Å²) in [4.78, 5) is 27.1. The first-order chi connectivity index (χ1) is 11.5. The fourth-order valence-electron chi connectivity index (χ4n) is 2.25. The molecule has 3 aromatic rings. The lowest BCUT2D eigenvalue weighted by Gasteiger charge is -2.05. The summed E-state index contributed by atoms with van der Waals surface area (Å²) in [6.07, 6.45) is 0. The lowest BCUT2D eigenvalue weighted by molar-refractivity contribution is -0.385. The molecule has 0 fully saturated rings. The molecule has 24 heavy (non-hydrogen) atoms. The number of aromatic nitrogens is 1. The number of nitro benzene ring substituents is 1. The van der Waals surface area contributed by atoms with Crippen LogP contribution in [0.2, 0.25) is 0 Å². The van der Waals surface area contributed by atoms with Crippen molar-refractivity contribution in [3.63, 3.8) is 0 Å². The number of rotatable bonds is 4. The molecule has 1 amide bonds. The molecule has 122 valence electrons. The number of nitrogens with one attached hydrogen (secondary N) is 1. The van der Waals surface area contributed by atoms with Gasteiger partial charge in [-0.25, -0.2) is 4.98 Å². The zero-order chi connectivity index (χ0) is 17.3. The number of aryl methyl sites for hydroxylation is 1. The van der Waals surface area contributed by atoms with Gasteiger partial charge in [0.1, 0.15) is 11.5 Å². The molecule has 8 heteroatoms. The number of carbonyl (C=O) groups excluding carboxylic acids is 1. The van der Waals surface area contributed by atoms with E-state index < -0.39 is 10.8 Å². The quantitative estimate of drug-likeness (QED) is 0.566. The highest BCUT2D eigenvalue weighted by molar-refractivity contribution is 7.14. The first kappa shape index (κ1) is 15.9.